The number of piperazine rings is 1. The van der Waals surface area contributed by atoms with E-state index < -0.39 is 17.2 Å². The smallest absolute Gasteiger partial charge is 0.410 e. The molecule has 3 aromatic rings. The molecule has 4 rings (SSSR count). The van der Waals surface area contributed by atoms with E-state index >= 15 is 4.39 Å². The van der Waals surface area contributed by atoms with Crippen molar-refractivity contribution >= 4 is 28.9 Å². The molecule has 0 radical (unpaired) electrons. The van der Waals surface area contributed by atoms with E-state index in [4.69, 9.17) is 14.5 Å². The lowest BCUT2D eigenvalue weighted by Gasteiger charge is -2.41. The van der Waals surface area contributed by atoms with E-state index in [1.54, 1.807) is 11.0 Å². The number of nitrogens with zero attached hydrogens (tertiary/aromatic N) is 6. The van der Waals surface area contributed by atoms with Crippen molar-refractivity contribution in [3.8, 4) is 17.0 Å². The maximum Gasteiger partial charge on any atom is 0.410 e. The SMILES string of the molecule is COc1cccc(F)c1-c1nc2nc(NCCN(C)C)nc(N3CCN(C(=O)OC(C)(C)C)C[C@H]3C)c2cc1F. The largest absolute Gasteiger partial charge is 0.496 e. The molecule has 1 amide bonds. The summed E-state index contributed by atoms with van der Waals surface area (Å²) in [5.41, 5.74) is -0.670. The van der Waals surface area contributed by atoms with E-state index in [0.717, 1.165) is 6.54 Å². The third kappa shape index (κ3) is 6.49. The fraction of sp³-hybridized carbons (Fsp3) is 0.500. The van der Waals surface area contributed by atoms with Gasteiger partial charge in [-0.3, -0.25) is 0 Å². The molecule has 10 nitrogen and oxygen atoms in total. The lowest BCUT2D eigenvalue weighted by Crippen LogP contribution is -2.55. The second-order valence-electron chi connectivity index (χ2n) is 11.1. The van der Waals surface area contributed by atoms with Gasteiger partial charge in [0.2, 0.25) is 5.95 Å². The molecule has 1 saturated heterocycles. The monoisotopic (exact) mass is 557 g/mol. The zero-order valence-corrected chi connectivity index (χ0v) is 24.1. The van der Waals surface area contributed by atoms with Gasteiger partial charge in [0, 0.05) is 38.8 Å². The van der Waals surface area contributed by atoms with Gasteiger partial charge in [0.15, 0.2) is 11.5 Å². The predicted octanol–water partition coefficient (Wildman–Crippen LogP) is 4.40. The van der Waals surface area contributed by atoms with Gasteiger partial charge in [-0.05, 0) is 60.0 Å². The highest BCUT2D eigenvalue weighted by Crippen LogP contribution is 2.36. The molecule has 1 aliphatic heterocycles. The summed E-state index contributed by atoms with van der Waals surface area (Å²) in [6, 6.07) is 5.39. The molecule has 1 aromatic carbocycles. The summed E-state index contributed by atoms with van der Waals surface area (Å²) < 4.78 is 41.3. The first-order chi connectivity index (χ1) is 18.9. The number of likely N-dealkylation sites (N-methyl/N-ethyl adjacent to an activating group) is 1. The quantitative estimate of drug-likeness (QED) is 0.454. The van der Waals surface area contributed by atoms with E-state index in [0.29, 0.717) is 43.3 Å². The molecular weight excluding hydrogens is 520 g/mol. The number of aromatic nitrogens is 3. The van der Waals surface area contributed by atoms with Crippen molar-refractivity contribution in [2.45, 2.75) is 39.3 Å². The van der Waals surface area contributed by atoms with Crippen molar-refractivity contribution < 1.29 is 23.0 Å². The number of rotatable bonds is 7. The number of carbonyl (C=O) groups excluding carboxylic acids is 1. The molecule has 3 heterocycles. The Morgan fingerprint density at radius 1 is 1.15 bits per heavy atom. The summed E-state index contributed by atoms with van der Waals surface area (Å²) in [6.45, 7) is 9.98. The molecule has 216 valence electrons. The first kappa shape index (κ1) is 29.2. The summed E-state index contributed by atoms with van der Waals surface area (Å²) in [6.07, 6.45) is -0.381. The topological polar surface area (TPSA) is 96.0 Å². The van der Waals surface area contributed by atoms with Crippen molar-refractivity contribution in [3.05, 3.63) is 35.9 Å². The zero-order valence-electron chi connectivity index (χ0n) is 24.1. The lowest BCUT2D eigenvalue weighted by molar-refractivity contribution is 0.0218. The average Bonchev–Trinajstić information content (AvgIpc) is 2.87. The fourth-order valence-corrected chi connectivity index (χ4v) is 4.55. The highest BCUT2D eigenvalue weighted by Gasteiger charge is 2.32. The molecule has 0 saturated carbocycles. The summed E-state index contributed by atoms with van der Waals surface area (Å²) in [5, 5.41) is 3.60. The van der Waals surface area contributed by atoms with E-state index in [9.17, 15) is 9.18 Å². The highest BCUT2D eigenvalue weighted by molar-refractivity contribution is 5.90. The molecule has 1 N–H and O–H groups in total. The Morgan fingerprint density at radius 2 is 1.90 bits per heavy atom. The van der Waals surface area contributed by atoms with Crippen LogP contribution in [0.4, 0.5) is 25.3 Å². The third-order valence-electron chi connectivity index (χ3n) is 6.45. The molecule has 12 heteroatoms. The van der Waals surface area contributed by atoms with E-state index in [-0.39, 0.29) is 34.8 Å². The Bertz CT molecular complexity index is 1380. The molecule has 2 aromatic heterocycles. The van der Waals surface area contributed by atoms with Gasteiger partial charge in [-0.2, -0.15) is 9.97 Å². The molecule has 1 atom stereocenters. The van der Waals surface area contributed by atoms with Crippen LogP contribution < -0.4 is 15.0 Å². The molecule has 0 spiro atoms. The summed E-state index contributed by atoms with van der Waals surface area (Å²) >= 11 is 0. The van der Waals surface area contributed by atoms with Crippen LogP contribution in [0.25, 0.3) is 22.3 Å². The van der Waals surface area contributed by atoms with Crippen LogP contribution in [0.15, 0.2) is 24.3 Å². The minimum absolute atomic E-state index is 0.0778. The number of amides is 1. The van der Waals surface area contributed by atoms with Crippen molar-refractivity contribution in [2.24, 2.45) is 0 Å². The molecule has 1 fully saturated rings. The number of anilines is 2. The van der Waals surface area contributed by atoms with Crippen LogP contribution in [0.3, 0.4) is 0 Å². The Hall–Kier alpha value is -3.80. The number of benzene rings is 1. The van der Waals surface area contributed by atoms with Crippen molar-refractivity contribution in [3.63, 3.8) is 0 Å². The van der Waals surface area contributed by atoms with Gasteiger partial charge in [0.1, 0.15) is 28.7 Å². The normalized spacial score (nSPS) is 16.0. The number of halogens is 2. The van der Waals surface area contributed by atoms with Crippen LogP contribution in [0, 0.1) is 11.6 Å². The van der Waals surface area contributed by atoms with Gasteiger partial charge < -0.3 is 29.5 Å². The summed E-state index contributed by atoms with van der Waals surface area (Å²) in [7, 11) is 5.31. The van der Waals surface area contributed by atoms with Crippen LogP contribution in [0.2, 0.25) is 0 Å². The molecule has 40 heavy (non-hydrogen) atoms. The Balaban J connectivity index is 1.76. The van der Waals surface area contributed by atoms with Crippen LogP contribution in [0.5, 0.6) is 5.75 Å². The molecule has 0 unspecified atom stereocenters. The van der Waals surface area contributed by atoms with Gasteiger partial charge in [-0.1, -0.05) is 6.07 Å². The third-order valence-corrected chi connectivity index (χ3v) is 6.45. The fourth-order valence-electron chi connectivity index (χ4n) is 4.55. The first-order valence-electron chi connectivity index (χ1n) is 13.2. The molecular formula is C28H37F2N7O3. The minimum atomic E-state index is -0.728. The standard InChI is InChI=1S/C28H37F2N7O3/c1-17-16-36(27(38)40-28(2,3)4)13-14-37(17)25-18-15-20(30)23(22-19(29)9-8-10-21(22)39-7)32-24(18)33-26(34-25)31-11-12-35(5)6/h8-10,15,17H,11-14,16H2,1-7H3,(H,31,32,33,34)/t17-/m1/s1. The number of ether oxygens (including phenoxy) is 2. The Kier molecular flexibility index (Phi) is 8.57. The van der Waals surface area contributed by atoms with Crippen molar-refractivity contribution in [2.75, 3.05) is 64.1 Å². The number of hydrogen-bond donors (Lipinski definition) is 1. The number of pyridine rings is 1. The first-order valence-corrected chi connectivity index (χ1v) is 13.2. The molecule has 1 aliphatic rings. The number of methoxy groups -OCH3 is 1. The van der Waals surface area contributed by atoms with Gasteiger partial charge in [-0.25, -0.2) is 18.6 Å². The van der Waals surface area contributed by atoms with E-state index in [2.05, 4.69) is 15.3 Å². The minimum Gasteiger partial charge on any atom is -0.496 e. The maximum atomic E-state index is 15.6. The lowest BCUT2D eigenvalue weighted by atomic mass is 10.1. The van der Waals surface area contributed by atoms with Crippen molar-refractivity contribution in [1.82, 2.24) is 24.8 Å². The number of nitrogens with one attached hydrogen (secondary N) is 1. The Morgan fingerprint density at radius 3 is 2.55 bits per heavy atom. The van der Waals surface area contributed by atoms with Crippen LogP contribution in [0.1, 0.15) is 27.7 Å². The average molecular weight is 558 g/mol. The van der Waals surface area contributed by atoms with Gasteiger partial charge in [0.05, 0.1) is 18.1 Å². The van der Waals surface area contributed by atoms with Crippen molar-refractivity contribution in [1.29, 1.82) is 0 Å². The van der Waals surface area contributed by atoms with Gasteiger partial charge in [0.25, 0.3) is 0 Å². The zero-order chi connectivity index (χ0) is 29.2. The van der Waals surface area contributed by atoms with Crippen LogP contribution in [-0.2, 0) is 4.74 Å². The van der Waals surface area contributed by atoms with E-state index in [1.807, 2.05) is 51.6 Å². The maximum absolute atomic E-state index is 15.6. The molecule has 0 aliphatic carbocycles. The number of carbonyl (C=O) groups is 1. The summed E-state index contributed by atoms with van der Waals surface area (Å²) in [5.74, 6) is -0.426. The van der Waals surface area contributed by atoms with Gasteiger partial charge >= 0.3 is 6.09 Å². The molecule has 0 bridgehead atoms. The Labute approximate surface area is 233 Å². The summed E-state index contributed by atoms with van der Waals surface area (Å²) in [4.78, 5) is 32.1. The number of hydrogen-bond acceptors (Lipinski definition) is 9. The second kappa shape index (κ2) is 11.7. The van der Waals surface area contributed by atoms with E-state index in [1.165, 1.54) is 25.3 Å². The second-order valence-corrected chi connectivity index (χ2v) is 11.1. The predicted molar refractivity (Wildman–Crippen MR) is 151 cm³/mol. The van der Waals surface area contributed by atoms with Crippen LogP contribution in [-0.4, -0.2) is 96.4 Å². The highest BCUT2D eigenvalue weighted by atomic mass is 19.1. The number of fused-ring (bicyclic) bond motifs is 1. The van der Waals surface area contributed by atoms with Crippen LogP contribution >= 0.6 is 0 Å². The van der Waals surface area contributed by atoms with Gasteiger partial charge in [-0.15, -0.1) is 0 Å².